The normalized spacial score (nSPS) is 26.0. The first-order chi connectivity index (χ1) is 7.88. The molecule has 1 heteroatoms. The van der Waals surface area contributed by atoms with Crippen molar-refractivity contribution in [2.75, 3.05) is 13.1 Å². The molecule has 1 nitrogen and oxygen atoms in total. The van der Waals surface area contributed by atoms with Crippen LogP contribution in [0.3, 0.4) is 0 Å². The molecule has 1 saturated carbocycles. The van der Waals surface area contributed by atoms with Gasteiger partial charge in [-0.15, -0.1) is 12.3 Å². The lowest BCUT2D eigenvalue weighted by Crippen LogP contribution is -2.27. The molecule has 0 aromatic heterocycles. The summed E-state index contributed by atoms with van der Waals surface area (Å²) in [5, 5.41) is 3.53. The third-order valence-electron chi connectivity index (χ3n) is 3.87. The molecule has 1 aliphatic carbocycles. The van der Waals surface area contributed by atoms with Crippen molar-refractivity contribution in [2.24, 2.45) is 11.8 Å². The van der Waals surface area contributed by atoms with E-state index in [2.05, 4.69) is 18.2 Å². The predicted molar refractivity (Wildman–Crippen MR) is 71.3 cm³/mol. The van der Waals surface area contributed by atoms with Crippen LogP contribution in [0.5, 0.6) is 0 Å². The Hall–Kier alpha value is -0.480. The minimum absolute atomic E-state index is 0.903. The van der Waals surface area contributed by atoms with Gasteiger partial charge < -0.3 is 5.32 Å². The lowest BCUT2D eigenvalue weighted by atomic mass is 9.84. The van der Waals surface area contributed by atoms with Crippen molar-refractivity contribution >= 4 is 0 Å². The zero-order valence-corrected chi connectivity index (χ0v) is 10.8. The van der Waals surface area contributed by atoms with Crippen LogP contribution in [0.25, 0.3) is 0 Å². The summed E-state index contributed by atoms with van der Waals surface area (Å²) in [5.41, 5.74) is 0. The second-order valence-corrected chi connectivity index (χ2v) is 5.06. The molecule has 0 heterocycles. The van der Waals surface area contributed by atoms with Crippen LogP contribution >= 0.6 is 0 Å². The zero-order valence-electron chi connectivity index (χ0n) is 10.8. The van der Waals surface area contributed by atoms with Crippen LogP contribution in [0.1, 0.15) is 58.3 Å². The van der Waals surface area contributed by atoms with Crippen LogP contribution in [0.4, 0.5) is 0 Å². The van der Waals surface area contributed by atoms with Gasteiger partial charge in [0.15, 0.2) is 0 Å². The molecule has 2 atom stereocenters. The van der Waals surface area contributed by atoms with E-state index in [4.69, 9.17) is 6.42 Å². The smallest absolute Gasteiger partial charge is 0.00861 e. The topological polar surface area (TPSA) is 12.0 Å². The van der Waals surface area contributed by atoms with Crippen molar-refractivity contribution in [3.05, 3.63) is 0 Å². The van der Waals surface area contributed by atoms with E-state index in [9.17, 15) is 0 Å². The lowest BCUT2D eigenvalue weighted by Gasteiger charge is -2.25. The minimum atomic E-state index is 0.903. The number of nitrogens with one attached hydrogen (secondary N) is 1. The van der Waals surface area contributed by atoms with Gasteiger partial charge in [-0.2, -0.15) is 0 Å². The first-order valence-corrected chi connectivity index (χ1v) is 7.02. The number of rotatable bonds is 6. The molecule has 2 unspecified atom stereocenters. The minimum Gasteiger partial charge on any atom is -0.317 e. The maximum atomic E-state index is 5.33. The highest BCUT2D eigenvalue weighted by atomic mass is 14.8. The van der Waals surface area contributed by atoms with Gasteiger partial charge in [0.1, 0.15) is 0 Å². The first-order valence-electron chi connectivity index (χ1n) is 7.02. The van der Waals surface area contributed by atoms with E-state index in [1.807, 2.05) is 0 Å². The van der Waals surface area contributed by atoms with Gasteiger partial charge >= 0.3 is 0 Å². The third-order valence-corrected chi connectivity index (χ3v) is 3.87. The molecule has 1 rings (SSSR count). The predicted octanol–water partition coefficient (Wildman–Crippen LogP) is 3.60. The average Bonchev–Trinajstić information content (AvgIpc) is 2.52. The van der Waals surface area contributed by atoms with Crippen molar-refractivity contribution in [2.45, 2.75) is 58.3 Å². The molecule has 0 radical (unpaired) electrons. The van der Waals surface area contributed by atoms with Crippen LogP contribution in [0, 0.1) is 24.2 Å². The molecule has 0 amide bonds. The van der Waals surface area contributed by atoms with Crippen molar-refractivity contribution in [3.8, 4) is 12.3 Å². The summed E-state index contributed by atoms with van der Waals surface area (Å²) in [5.74, 6) is 4.59. The summed E-state index contributed by atoms with van der Waals surface area (Å²) in [6.45, 7) is 4.52. The van der Waals surface area contributed by atoms with Gasteiger partial charge in [-0.25, -0.2) is 0 Å². The Labute approximate surface area is 101 Å². The molecule has 0 aromatic carbocycles. The number of hydrogen-bond donors (Lipinski definition) is 1. The van der Waals surface area contributed by atoms with Crippen molar-refractivity contribution < 1.29 is 0 Å². The summed E-state index contributed by atoms with van der Waals surface area (Å²) in [4.78, 5) is 0. The maximum Gasteiger partial charge on any atom is 0.00861 e. The monoisotopic (exact) mass is 221 g/mol. The van der Waals surface area contributed by atoms with Crippen molar-refractivity contribution in [1.82, 2.24) is 5.32 Å². The molecule has 0 aromatic rings. The molecular weight excluding hydrogens is 194 g/mol. The lowest BCUT2D eigenvalue weighted by molar-refractivity contribution is 0.281. The molecule has 1 aliphatic rings. The molecular formula is C15H27N. The Kier molecular flexibility index (Phi) is 7.34. The van der Waals surface area contributed by atoms with E-state index in [1.165, 1.54) is 51.5 Å². The molecule has 1 fully saturated rings. The van der Waals surface area contributed by atoms with Gasteiger partial charge in [0.2, 0.25) is 0 Å². The second kappa shape index (κ2) is 8.65. The number of hydrogen-bond acceptors (Lipinski definition) is 1. The molecule has 1 N–H and O–H groups in total. The van der Waals surface area contributed by atoms with E-state index in [0.717, 1.165) is 24.8 Å². The van der Waals surface area contributed by atoms with E-state index in [1.54, 1.807) is 0 Å². The summed E-state index contributed by atoms with van der Waals surface area (Å²) < 4.78 is 0. The van der Waals surface area contributed by atoms with Gasteiger partial charge in [-0.05, 0) is 44.2 Å². The summed E-state index contributed by atoms with van der Waals surface area (Å²) >= 11 is 0. The SMILES string of the molecule is C#CCCCC1CCCCCC1CNCC. The average molecular weight is 221 g/mol. The maximum absolute atomic E-state index is 5.33. The molecule has 0 aliphatic heterocycles. The van der Waals surface area contributed by atoms with Crippen molar-refractivity contribution in [3.63, 3.8) is 0 Å². The zero-order chi connectivity index (χ0) is 11.6. The Balaban J connectivity index is 2.35. The fourth-order valence-electron chi connectivity index (χ4n) is 2.91. The fourth-order valence-corrected chi connectivity index (χ4v) is 2.91. The Morgan fingerprint density at radius 1 is 1.19 bits per heavy atom. The molecule has 92 valence electrons. The summed E-state index contributed by atoms with van der Waals surface area (Å²) in [6, 6.07) is 0. The molecule has 0 spiro atoms. The molecule has 0 saturated heterocycles. The number of terminal acetylenes is 1. The Morgan fingerprint density at radius 3 is 2.62 bits per heavy atom. The highest BCUT2D eigenvalue weighted by molar-refractivity contribution is 4.84. The number of unbranched alkanes of at least 4 members (excludes halogenated alkanes) is 1. The van der Waals surface area contributed by atoms with Gasteiger partial charge in [0.25, 0.3) is 0 Å². The van der Waals surface area contributed by atoms with E-state index in [0.29, 0.717) is 0 Å². The fraction of sp³-hybridized carbons (Fsp3) is 0.867. The van der Waals surface area contributed by atoms with Gasteiger partial charge in [-0.3, -0.25) is 0 Å². The highest BCUT2D eigenvalue weighted by Crippen LogP contribution is 2.31. The quantitative estimate of drug-likeness (QED) is 0.410. The van der Waals surface area contributed by atoms with Crippen LogP contribution in [-0.2, 0) is 0 Å². The standard InChI is InChI=1S/C15H27N/c1-3-5-7-10-14-11-8-6-9-12-15(14)13-16-4-2/h1,14-16H,4-13H2,2H3. The van der Waals surface area contributed by atoms with Crippen molar-refractivity contribution in [1.29, 1.82) is 0 Å². The third kappa shape index (κ3) is 5.03. The summed E-state index contributed by atoms with van der Waals surface area (Å²) in [6.07, 6.45) is 16.0. The second-order valence-electron chi connectivity index (χ2n) is 5.06. The Bertz CT molecular complexity index is 204. The van der Waals surface area contributed by atoms with E-state index in [-0.39, 0.29) is 0 Å². The van der Waals surface area contributed by atoms with Gasteiger partial charge in [0, 0.05) is 6.42 Å². The molecule has 16 heavy (non-hydrogen) atoms. The molecule has 0 bridgehead atoms. The van der Waals surface area contributed by atoms with Crippen LogP contribution in [-0.4, -0.2) is 13.1 Å². The van der Waals surface area contributed by atoms with Crippen LogP contribution in [0.2, 0.25) is 0 Å². The highest BCUT2D eigenvalue weighted by Gasteiger charge is 2.22. The van der Waals surface area contributed by atoms with E-state index < -0.39 is 0 Å². The van der Waals surface area contributed by atoms with E-state index >= 15 is 0 Å². The Morgan fingerprint density at radius 2 is 1.94 bits per heavy atom. The van der Waals surface area contributed by atoms with Gasteiger partial charge in [0.05, 0.1) is 0 Å². The van der Waals surface area contributed by atoms with Crippen LogP contribution < -0.4 is 5.32 Å². The van der Waals surface area contributed by atoms with Crippen LogP contribution in [0.15, 0.2) is 0 Å². The summed E-state index contributed by atoms with van der Waals surface area (Å²) in [7, 11) is 0. The van der Waals surface area contributed by atoms with Gasteiger partial charge in [-0.1, -0.05) is 32.6 Å². The largest absolute Gasteiger partial charge is 0.317 e. The first kappa shape index (κ1) is 13.6.